The lowest BCUT2D eigenvalue weighted by Gasteiger charge is -2.08. The van der Waals surface area contributed by atoms with E-state index in [4.69, 9.17) is 11.6 Å². The smallest absolute Gasteiger partial charge is 0.321 e. The number of unbranched alkanes of at least 4 members (excludes halogenated alkanes) is 1. The molecule has 2 N–H and O–H groups in total. The van der Waals surface area contributed by atoms with Crippen molar-refractivity contribution in [1.29, 1.82) is 0 Å². The summed E-state index contributed by atoms with van der Waals surface area (Å²) in [5.74, 6) is 0.217. The van der Waals surface area contributed by atoms with E-state index in [1.807, 2.05) is 0 Å². The summed E-state index contributed by atoms with van der Waals surface area (Å²) in [7, 11) is 0. The highest BCUT2D eigenvalue weighted by molar-refractivity contribution is 6.31. The summed E-state index contributed by atoms with van der Waals surface area (Å²) in [4.78, 5) is 22.2. The number of hydrogen-bond acceptors (Lipinski definition) is 2. The second-order valence-corrected chi connectivity index (χ2v) is 4.91. The molecule has 94 valence electrons. The number of carbonyl (C=O) groups is 2. The van der Waals surface area contributed by atoms with Gasteiger partial charge in [-0.3, -0.25) is 10.1 Å². The minimum absolute atomic E-state index is 0.470. The van der Waals surface area contributed by atoms with Gasteiger partial charge in [-0.05, 0) is 19.3 Å². The maximum Gasteiger partial charge on any atom is 0.321 e. The molecule has 1 atom stereocenters. The Bertz CT molecular complexity index is 230. The van der Waals surface area contributed by atoms with Crippen molar-refractivity contribution in [3.63, 3.8) is 0 Å². The molecule has 0 aromatic rings. The number of imide groups is 1. The molecule has 0 saturated heterocycles. The van der Waals surface area contributed by atoms with Crippen LogP contribution in [0.2, 0.25) is 0 Å². The minimum atomic E-state index is -0.688. The predicted molar refractivity (Wildman–Crippen MR) is 65.5 cm³/mol. The van der Waals surface area contributed by atoms with Crippen LogP contribution < -0.4 is 10.6 Å². The van der Waals surface area contributed by atoms with Crippen molar-refractivity contribution in [1.82, 2.24) is 10.6 Å². The molecule has 0 aromatic heterocycles. The van der Waals surface area contributed by atoms with Gasteiger partial charge in [0.2, 0.25) is 5.91 Å². The van der Waals surface area contributed by atoms with Crippen LogP contribution in [0, 0.1) is 5.92 Å². The van der Waals surface area contributed by atoms with Crippen LogP contribution in [-0.4, -0.2) is 23.9 Å². The van der Waals surface area contributed by atoms with Crippen molar-refractivity contribution < 1.29 is 9.59 Å². The first-order valence-corrected chi connectivity index (χ1v) is 6.10. The molecule has 0 aliphatic rings. The number of alkyl halides is 1. The van der Waals surface area contributed by atoms with E-state index in [0.29, 0.717) is 12.5 Å². The van der Waals surface area contributed by atoms with E-state index in [1.54, 1.807) is 0 Å². The summed E-state index contributed by atoms with van der Waals surface area (Å²) in [6.07, 6.45) is 3.16. The fourth-order valence-corrected chi connectivity index (χ4v) is 1.19. The molecule has 0 spiro atoms. The Kier molecular flexibility index (Phi) is 7.99. The molecule has 0 heterocycles. The third-order valence-electron chi connectivity index (χ3n) is 2.09. The number of carbonyl (C=O) groups excluding carboxylic acids is 2. The molecule has 0 aromatic carbocycles. The van der Waals surface area contributed by atoms with Gasteiger partial charge in [0.15, 0.2) is 0 Å². The zero-order chi connectivity index (χ0) is 12.6. The third-order valence-corrected chi connectivity index (χ3v) is 2.29. The highest BCUT2D eigenvalue weighted by Crippen LogP contribution is 2.04. The highest BCUT2D eigenvalue weighted by Gasteiger charge is 2.11. The maximum atomic E-state index is 11.2. The second kappa shape index (κ2) is 8.39. The van der Waals surface area contributed by atoms with Gasteiger partial charge in [-0.1, -0.05) is 26.7 Å². The van der Waals surface area contributed by atoms with Gasteiger partial charge in [0.25, 0.3) is 0 Å². The molecule has 0 fully saturated rings. The van der Waals surface area contributed by atoms with Crippen LogP contribution >= 0.6 is 11.6 Å². The minimum Gasteiger partial charge on any atom is -0.338 e. The summed E-state index contributed by atoms with van der Waals surface area (Å²) >= 11 is 5.50. The molecular formula is C11H21ClN2O2. The molecule has 0 saturated carbocycles. The first-order valence-electron chi connectivity index (χ1n) is 5.66. The van der Waals surface area contributed by atoms with Gasteiger partial charge >= 0.3 is 6.03 Å². The monoisotopic (exact) mass is 248 g/mol. The quantitative estimate of drug-likeness (QED) is 0.560. The Balaban J connectivity index is 3.48. The Morgan fingerprint density at radius 1 is 1.19 bits per heavy atom. The van der Waals surface area contributed by atoms with Gasteiger partial charge in [-0.25, -0.2) is 4.79 Å². The lowest BCUT2D eigenvalue weighted by molar-refractivity contribution is -0.119. The van der Waals surface area contributed by atoms with Gasteiger partial charge in [0.1, 0.15) is 5.38 Å². The Morgan fingerprint density at radius 2 is 1.81 bits per heavy atom. The van der Waals surface area contributed by atoms with Crippen LogP contribution in [-0.2, 0) is 4.79 Å². The van der Waals surface area contributed by atoms with E-state index in [-0.39, 0.29) is 0 Å². The van der Waals surface area contributed by atoms with E-state index in [1.165, 1.54) is 6.92 Å². The SMILES string of the molecule is CC(C)CCCCNC(=O)NC(=O)C(C)Cl. The van der Waals surface area contributed by atoms with Gasteiger partial charge in [-0.2, -0.15) is 0 Å². The second-order valence-electron chi connectivity index (χ2n) is 4.25. The van der Waals surface area contributed by atoms with Crippen LogP contribution in [0.1, 0.15) is 40.0 Å². The summed E-state index contributed by atoms with van der Waals surface area (Å²) < 4.78 is 0. The van der Waals surface area contributed by atoms with Crippen molar-refractivity contribution in [2.75, 3.05) is 6.54 Å². The lowest BCUT2D eigenvalue weighted by Crippen LogP contribution is -2.42. The Morgan fingerprint density at radius 3 is 2.31 bits per heavy atom. The largest absolute Gasteiger partial charge is 0.338 e. The Labute approximate surface area is 102 Å². The zero-order valence-electron chi connectivity index (χ0n) is 10.2. The van der Waals surface area contributed by atoms with E-state index in [2.05, 4.69) is 24.5 Å². The average molecular weight is 249 g/mol. The molecule has 16 heavy (non-hydrogen) atoms. The first kappa shape index (κ1) is 15.2. The number of nitrogens with one attached hydrogen (secondary N) is 2. The van der Waals surface area contributed by atoms with Crippen LogP contribution in [0.3, 0.4) is 0 Å². The lowest BCUT2D eigenvalue weighted by atomic mass is 10.1. The van der Waals surface area contributed by atoms with Gasteiger partial charge in [0.05, 0.1) is 0 Å². The van der Waals surface area contributed by atoms with Gasteiger partial charge in [0, 0.05) is 6.54 Å². The zero-order valence-corrected chi connectivity index (χ0v) is 10.9. The van der Waals surface area contributed by atoms with E-state index < -0.39 is 17.3 Å². The van der Waals surface area contributed by atoms with Crippen LogP contribution in [0.4, 0.5) is 4.79 Å². The molecule has 0 radical (unpaired) electrons. The molecule has 0 rings (SSSR count). The summed E-state index contributed by atoms with van der Waals surface area (Å²) in [5.41, 5.74) is 0. The molecule has 1 unspecified atom stereocenters. The molecule has 4 nitrogen and oxygen atoms in total. The molecule has 0 aliphatic heterocycles. The molecule has 5 heteroatoms. The standard InChI is InChI=1S/C11H21ClN2O2/c1-8(2)6-4-5-7-13-11(16)14-10(15)9(3)12/h8-9H,4-7H2,1-3H3,(H2,13,14,15,16). The van der Waals surface area contributed by atoms with E-state index in [0.717, 1.165) is 19.3 Å². The van der Waals surface area contributed by atoms with Crippen molar-refractivity contribution in [2.45, 2.75) is 45.4 Å². The summed E-state index contributed by atoms with van der Waals surface area (Å²) in [6, 6.07) is -0.470. The fraction of sp³-hybridized carbons (Fsp3) is 0.818. The van der Waals surface area contributed by atoms with Crippen LogP contribution in [0.5, 0.6) is 0 Å². The van der Waals surface area contributed by atoms with Crippen molar-refractivity contribution in [2.24, 2.45) is 5.92 Å². The number of rotatable bonds is 6. The van der Waals surface area contributed by atoms with Crippen molar-refractivity contribution >= 4 is 23.5 Å². The molecular weight excluding hydrogens is 228 g/mol. The number of halogens is 1. The number of urea groups is 1. The fourth-order valence-electron chi connectivity index (χ4n) is 1.14. The van der Waals surface area contributed by atoms with E-state index in [9.17, 15) is 9.59 Å². The van der Waals surface area contributed by atoms with Crippen molar-refractivity contribution in [3.8, 4) is 0 Å². The summed E-state index contributed by atoms with van der Waals surface area (Å²) in [5, 5.41) is 4.08. The van der Waals surface area contributed by atoms with E-state index >= 15 is 0 Å². The van der Waals surface area contributed by atoms with Crippen LogP contribution in [0.15, 0.2) is 0 Å². The Hall–Kier alpha value is -0.770. The van der Waals surface area contributed by atoms with Gasteiger partial charge in [-0.15, -0.1) is 11.6 Å². The topological polar surface area (TPSA) is 58.2 Å². The third kappa shape index (κ3) is 8.53. The average Bonchev–Trinajstić information content (AvgIpc) is 2.16. The highest BCUT2D eigenvalue weighted by atomic mass is 35.5. The molecule has 0 bridgehead atoms. The normalized spacial score (nSPS) is 12.3. The molecule has 3 amide bonds. The first-order chi connectivity index (χ1) is 7.43. The van der Waals surface area contributed by atoms with Crippen LogP contribution in [0.25, 0.3) is 0 Å². The van der Waals surface area contributed by atoms with Gasteiger partial charge < -0.3 is 5.32 Å². The summed E-state index contributed by atoms with van der Waals surface area (Å²) in [6.45, 7) is 6.44. The van der Waals surface area contributed by atoms with Crippen molar-refractivity contribution in [3.05, 3.63) is 0 Å². The number of hydrogen-bond donors (Lipinski definition) is 2. The number of amides is 3. The predicted octanol–water partition coefficient (Wildman–Crippen LogP) is 2.27. The molecule has 0 aliphatic carbocycles. The maximum absolute atomic E-state index is 11.2.